The summed E-state index contributed by atoms with van der Waals surface area (Å²) < 4.78 is 5.70. The van der Waals surface area contributed by atoms with Crippen LogP contribution in [0.5, 0.6) is 0 Å². The molecular formula is C16H24N2O2. The van der Waals surface area contributed by atoms with E-state index in [1.54, 1.807) is 0 Å². The third kappa shape index (κ3) is 3.23. The number of nitrogens with zero attached hydrogens (tertiary/aromatic N) is 1. The third-order valence-electron chi connectivity index (χ3n) is 4.36. The van der Waals surface area contributed by atoms with Crippen LogP contribution in [-0.4, -0.2) is 29.9 Å². The van der Waals surface area contributed by atoms with Crippen LogP contribution in [0.15, 0.2) is 16.5 Å². The topological polar surface area (TPSA) is 45.5 Å². The zero-order valence-electron chi connectivity index (χ0n) is 12.2. The predicted octanol–water partition coefficient (Wildman–Crippen LogP) is 2.33. The highest BCUT2D eigenvalue weighted by Crippen LogP contribution is 2.31. The number of aryl methyl sites for hydroxylation is 1. The van der Waals surface area contributed by atoms with Gasteiger partial charge in [0.15, 0.2) is 0 Å². The molecule has 0 aromatic carbocycles. The molecule has 1 aromatic rings. The summed E-state index contributed by atoms with van der Waals surface area (Å²) in [6, 6.07) is 4.61. The van der Waals surface area contributed by atoms with E-state index in [0.717, 1.165) is 63.3 Å². The Morgan fingerprint density at radius 1 is 1.25 bits per heavy atom. The number of carbonyl (C=O) groups excluding carboxylic acids is 1. The number of likely N-dealkylation sites (tertiary alicyclic amines) is 1. The van der Waals surface area contributed by atoms with Crippen molar-refractivity contribution in [3.63, 3.8) is 0 Å². The summed E-state index contributed by atoms with van der Waals surface area (Å²) in [5.41, 5.74) is 0. The molecule has 110 valence electrons. The van der Waals surface area contributed by atoms with Gasteiger partial charge < -0.3 is 14.6 Å². The molecule has 4 heteroatoms. The molecule has 0 spiro atoms. The lowest BCUT2D eigenvalue weighted by molar-refractivity contribution is -0.133. The van der Waals surface area contributed by atoms with Crippen LogP contribution < -0.4 is 5.32 Å². The first kappa shape index (κ1) is 13.7. The van der Waals surface area contributed by atoms with Gasteiger partial charge in [-0.05, 0) is 37.8 Å². The summed E-state index contributed by atoms with van der Waals surface area (Å²) in [6.07, 6.45) is 5.27. The molecule has 1 saturated heterocycles. The first-order chi connectivity index (χ1) is 9.76. The minimum absolute atomic E-state index is 0.357. The van der Waals surface area contributed by atoms with Gasteiger partial charge in [-0.25, -0.2) is 0 Å². The molecule has 0 atom stereocenters. The van der Waals surface area contributed by atoms with E-state index in [9.17, 15) is 4.79 Å². The van der Waals surface area contributed by atoms with Crippen molar-refractivity contribution in [1.82, 2.24) is 10.2 Å². The van der Waals surface area contributed by atoms with Gasteiger partial charge in [0.25, 0.3) is 0 Å². The average molecular weight is 276 g/mol. The van der Waals surface area contributed by atoms with Crippen molar-refractivity contribution >= 4 is 5.91 Å². The van der Waals surface area contributed by atoms with Crippen LogP contribution in [0.3, 0.4) is 0 Å². The lowest BCUT2D eigenvalue weighted by Crippen LogP contribution is -2.45. The van der Waals surface area contributed by atoms with Gasteiger partial charge in [-0.3, -0.25) is 4.79 Å². The number of amides is 1. The molecule has 1 N–H and O–H groups in total. The van der Waals surface area contributed by atoms with E-state index >= 15 is 0 Å². The molecule has 0 radical (unpaired) electrons. The molecule has 1 aliphatic heterocycles. The van der Waals surface area contributed by atoms with E-state index in [1.807, 2.05) is 6.07 Å². The Kier molecular flexibility index (Phi) is 4.10. The summed E-state index contributed by atoms with van der Waals surface area (Å²) in [5.74, 6) is 2.81. The van der Waals surface area contributed by atoms with Crippen LogP contribution in [-0.2, 0) is 17.8 Å². The van der Waals surface area contributed by atoms with Gasteiger partial charge >= 0.3 is 0 Å². The van der Waals surface area contributed by atoms with Gasteiger partial charge in [0.2, 0.25) is 5.91 Å². The lowest BCUT2D eigenvalue weighted by Gasteiger charge is -2.32. The molecule has 2 heterocycles. The summed E-state index contributed by atoms with van der Waals surface area (Å²) in [4.78, 5) is 14.0. The maximum Gasteiger partial charge on any atom is 0.225 e. The molecular weight excluding hydrogens is 252 g/mol. The van der Waals surface area contributed by atoms with Gasteiger partial charge in [0.05, 0.1) is 6.54 Å². The normalized spacial score (nSPS) is 20.4. The highest BCUT2D eigenvalue weighted by atomic mass is 16.3. The monoisotopic (exact) mass is 276 g/mol. The second kappa shape index (κ2) is 6.00. The predicted molar refractivity (Wildman–Crippen MR) is 77.3 cm³/mol. The summed E-state index contributed by atoms with van der Waals surface area (Å²) in [5, 5.41) is 3.55. The highest BCUT2D eigenvalue weighted by molar-refractivity contribution is 5.81. The zero-order valence-corrected chi connectivity index (χ0v) is 12.2. The molecule has 3 rings (SSSR count). The summed E-state index contributed by atoms with van der Waals surface area (Å²) >= 11 is 0. The Labute approximate surface area is 120 Å². The number of hydrogen-bond acceptors (Lipinski definition) is 3. The molecule has 20 heavy (non-hydrogen) atoms. The quantitative estimate of drug-likeness (QED) is 0.898. The van der Waals surface area contributed by atoms with Gasteiger partial charge in [0.1, 0.15) is 11.5 Å². The van der Waals surface area contributed by atoms with Crippen molar-refractivity contribution in [2.45, 2.75) is 51.6 Å². The van der Waals surface area contributed by atoms with Crippen LogP contribution in [0.4, 0.5) is 0 Å². The van der Waals surface area contributed by atoms with Crippen LogP contribution >= 0.6 is 0 Å². The number of carbonyl (C=O) groups is 1. The average Bonchev–Trinajstić information content (AvgIpc) is 3.24. The third-order valence-corrected chi connectivity index (χ3v) is 4.36. The molecule has 1 aromatic heterocycles. The van der Waals surface area contributed by atoms with Crippen molar-refractivity contribution < 1.29 is 9.21 Å². The minimum atomic E-state index is 0.357. The van der Waals surface area contributed by atoms with Gasteiger partial charge in [-0.1, -0.05) is 6.92 Å². The Balaban J connectivity index is 1.40. The molecule has 0 bridgehead atoms. The van der Waals surface area contributed by atoms with Crippen LogP contribution in [0, 0.1) is 5.92 Å². The number of furan rings is 1. The van der Waals surface area contributed by atoms with Crippen molar-refractivity contribution in [2.24, 2.45) is 5.92 Å². The standard InChI is InChI=1S/C16H24N2O2/c1-2-14-5-6-15(20-14)11-17-13-7-9-18(10-8-13)16(19)12-3-4-12/h5-6,12-13,17H,2-4,7-11H2,1H3. The van der Waals surface area contributed by atoms with E-state index in [0.29, 0.717) is 17.9 Å². The smallest absolute Gasteiger partial charge is 0.225 e. The number of piperidine rings is 1. The maximum atomic E-state index is 12.0. The molecule has 2 fully saturated rings. The molecule has 2 aliphatic rings. The van der Waals surface area contributed by atoms with Crippen molar-refractivity contribution in [3.8, 4) is 0 Å². The van der Waals surface area contributed by atoms with Gasteiger partial charge in [-0.15, -0.1) is 0 Å². The SMILES string of the molecule is CCc1ccc(CNC2CCN(C(=O)C3CC3)CC2)o1. The Bertz CT molecular complexity index is 457. The minimum Gasteiger partial charge on any atom is -0.465 e. The van der Waals surface area contributed by atoms with Gasteiger partial charge in [-0.2, -0.15) is 0 Å². The summed E-state index contributed by atoms with van der Waals surface area (Å²) in [6.45, 7) is 4.71. The van der Waals surface area contributed by atoms with E-state index in [1.165, 1.54) is 0 Å². The van der Waals surface area contributed by atoms with Crippen molar-refractivity contribution in [2.75, 3.05) is 13.1 Å². The Morgan fingerprint density at radius 2 is 1.95 bits per heavy atom. The first-order valence-electron chi connectivity index (χ1n) is 7.86. The molecule has 1 saturated carbocycles. The largest absolute Gasteiger partial charge is 0.465 e. The molecule has 1 amide bonds. The molecule has 4 nitrogen and oxygen atoms in total. The fraction of sp³-hybridized carbons (Fsp3) is 0.688. The van der Waals surface area contributed by atoms with Crippen molar-refractivity contribution in [3.05, 3.63) is 23.7 Å². The Hall–Kier alpha value is -1.29. The zero-order chi connectivity index (χ0) is 13.9. The lowest BCUT2D eigenvalue weighted by atomic mass is 10.0. The molecule has 1 aliphatic carbocycles. The molecule has 0 unspecified atom stereocenters. The first-order valence-corrected chi connectivity index (χ1v) is 7.86. The van der Waals surface area contributed by atoms with Crippen molar-refractivity contribution in [1.29, 1.82) is 0 Å². The second-order valence-electron chi connectivity index (χ2n) is 5.98. The second-order valence-corrected chi connectivity index (χ2v) is 5.98. The van der Waals surface area contributed by atoms with E-state index in [-0.39, 0.29) is 0 Å². The Morgan fingerprint density at radius 3 is 2.55 bits per heavy atom. The van der Waals surface area contributed by atoms with Gasteiger partial charge in [0, 0.05) is 31.5 Å². The fourth-order valence-corrected chi connectivity index (χ4v) is 2.84. The van der Waals surface area contributed by atoms with E-state index in [2.05, 4.69) is 23.2 Å². The van der Waals surface area contributed by atoms with Crippen LogP contribution in [0.1, 0.15) is 44.1 Å². The highest BCUT2D eigenvalue weighted by Gasteiger charge is 2.34. The van der Waals surface area contributed by atoms with Crippen LogP contribution in [0.25, 0.3) is 0 Å². The van der Waals surface area contributed by atoms with E-state index in [4.69, 9.17) is 4.42 Å². The van der Waals surface area contributed by atoms with Crippen LogP contribution in [0.2, 0.25) is 0 Å². The number of hydrogen-bond donors (Lipinski definition) is 1. The summed E-state index contributed by atoms with van der Waals surface area (Å²) in [7, 11) is 0. The number of nitrogens with one attached hydrogen (secondary N) is 1. The fourth-order valence-electron chi connectivity index (χ4n) is 2.84. The maximum absolute atomic E-state index is 12.0. The van der Waals surface area contributed by atoms with E-state index < -0.39 is 0 Å². The number of rotatable bonds is 5.